The fourth-order valence-corrected chi connectivity index (χ4v) is 0.554. The summed E-state index contributed by atoms with van der Waals surface area (Å²) in [6.07, 6.45) is 0.369. The highest BCUT2D eigenvalue weighted by Gasteiger charge is 2.34. The van der Waals surface area contributed by atoms with E-state index in [1.807, 2.05) is 0 Å². The number of allylic oxidation sites excluding steroid dienone is 1. The fourth-order valence-electron chi connectivity index (χ4n) is 0.554. The zero-order chi connectivity index (χ0) is 8.20. The first-order valence-corrected chi connectivity index (χ1v) is 3.06. The Kier molecular flexibility index (Phi) is 3.19. The molecule has 0 unspecified atom stereocenters. The molecular formula is C7H10F2O. The summed E-state index contributed by atoms with van der Waals surface area (Å²) in [6.45, 7) is 4.55. The highest BCUT2D eigenvalue weighted by Crippen LogP contribution is 2.20. The molecule has 0 saturated heterocycles. The van der Waals surface area contributed by atoms with Crippen LogP contribution >= 0.6 is 0 Å². The molecule has 0 bridgehead atoms. The van der Waals surface area contributed by atoms with Crippen LogP contribution in [0.25, 0.3) is 0 Å². The minimum Gasteiger partial charge on any atom is -0.293 e. The molecule has 0 aliphatic rings. The fraction of sp³-hybridized carbons (Fsp3) is 0.571. The molecule has 1 nitrogen and oxygen atoms in total. The molecule has 0 saturated carbocycles. The van der Waals surface area contributed by atoms with Crippen LogP contribution in [0.3, 0.4) is 0 Å². The van der Waals surface area contributed by atoms with Gasteiger partial charge < -0.3 is 0 Å². The number of rotatable bonds is 4. The Bertz CT molecular complexity index is 141. The Balaban J connectivity index is 4.08. The maximum atomic E-state index is 12.4. The van der Waals surface area contributed by atoms with Gasteiger partial charge in [-0.3, -0.25) is 4.79 Å². The second-order valence-corrected chi connectivity index (χ2v) is 1.97. The van der Waals surface area contributed by atoms with E-state index in [-0.39, 0.29) is 6.42 Å². The normalized spacial score (nSPS) is 11.1. The highest BCUT2D eigenvalue weighted by molar-refractivity contribution is 5.85. The third-order valence-corrected chi connectivity index (χ3v) is 1.13. The van der Waals surface area contributed by atoms with Crippen LogP contribution in [0.1, 0.15) is 19.8 Å². The lowest BCUT2D eigenvalue weighted by atomic mass is 10.1. The average molecular weight is 148 g/mol. The van der Waals surface area contributed by atoms with E-state index in [1.54, 1.807) is 0 Å². The Morgan fingerprint density at radius 1 is 1.70 bits per heavy atom. The molecule has 0 radical (unpaired) electrons. The van der Waals surface area contributed by atoms with Crippen LogP contribution < -0.4 is 0 Å². The molecule has 0 N–H and O–H groups in total. The first kappa shape index (κ1) is 9.27. The van der Waals surface area contributed by atoms with Crippen LogP contribution in [0.4, 0.5) is 8.78 Å². The lowest BCUT2D eigenvalue weighted by Gasteiger charge is -2.10. The summed E-state index contributed by atoms with van der Waals surface area (Å²) >= 11 is 0. The predicted molar refractivity (Wildman–Crippen MR) is 35.1 cm³/mol. The van der Waals surface area contributed by atoms with Gasteiger partial charge in [-0.2, -0.15) is 8.78 Å². The monoisotopic (exact) mass is 148 g/mol. The zero-order valence-electron chi connectivity index (χ0n) is 5.86. The molecule has 0 aromatic carbocycles. The number of Topliss-reactive ketones (excluding diaryl/α,β-unsaturated/α-hetero) is 1. The molecule has 0 aliphatic heterocycles. The number of ketones is 1. The Labute approximate surface area is 58.7 Å². The second-order valence-electron chi connectivity index (χ2n) is 1.97. The van der Waals surface area contributed by atoms with Gasteiger partial charge in [0.15, 0.2) is 0 Å². The topological polar surface area (TPSA) is 17.1 Å². The van der Waals surface area contributed by atoms with Crippen LogP contribution in [0.2, 0.25) is 0 Å². The van der Waals surface area contributed by atoms with Gasteiger partial charge in [0.05, 0.1) is 0 Å². The van der Waals surface area contributed by atoms with Crippen molar-refractivity contribution in [2.75, 3.05) is 0 Å². The van der Waals surface area contributed by atoms with Crippen molar-refractivity contribution >= 4 is 5.78 Å². The third-order valence-electron chi connectivity index (χ3n) is 1.13. The van der Waals surface area contributed by atoms with E-state index in [0.717, 1.165) is 6.08 Å². The van der Waals surface area contributed by atoms with Crippen molar-refractivity contribution in [3.63, 3.8) is 0 Å². The molecule has 0 aromatic heterocycles. The number of halogens is 2. The molecule has 0 heterocycles. The van der Waals surface area contributed by atoms with Crippen LogP contribution in [0.5, 0.6) is 0 Å². The maximum Gasteiger partial charge on any atom is 0.308 e. The summed E-state index contributed by atoms with van der Waals surface area (Å²) in [5.41, 5.74) is 0. The molecule has 0 amide bonds. The van der Waals surface area contributed by atoms with Crippen molar-refractivity contribution in [1.82, 2.24) is 0 Å². The largest absolute Gasteiger partial charge is 0.308 e. The quantitative estimate of drug-likeness (QED) is 0.558. The number of carbonyl (C=O) groups is 1. The molecule has 3 heteroatoms. The van der Waals surface area contributed by atoms with Gasteiger partial charge in [-0.1, -0.05) is 13.0 Å². The van der Waals surface area contributed by atoms with Gasteiger partial charge in [-0.05, 0) is 0 Å². The average Bonchev–Trinajstić information content (AvgIpc) is 1.86. The minimum absolute atomic E-state index is 0.124. The molecule has 10 heavy (non-hydrogen) atoms. The van der Waals surface area contributed by atoms with Crippen molar-refractivity contribution in [3.8, 4) is 0 Å². The molecule has 0 aliphatic carbocycles. The maximum absolute atomic E-state index is 12.4. The van der Waals surface area contributed by atoms with E-state index in [0.29, 0.717) is 0 Å². The molecule has 0 spiro atoms. The molecule has 0 fully saturated rings. The smallest absolute Gasteiger partial charge is 0.293 e. The lowest BCUT2D eigenvalue weighted by Crippen LogP contribution is -2.26. The first-order valence-electron chi connectivity index (χ1n) is 3.06. The van der Waals surface area contributed by atoms with Crippen molar-refractivity contribution in [3.05, 3.63) is 12.7 Å². The van der Waals surface area contributed by atoms with E-state index >= 15 is 0 Å². The SMILES string of the molecule is C=CCC(F)(F)C(=O)CC. The third kappa shape index (κ3) is 2.25. The van der Waals surface area contributed by atoms with Crippen molar-refractivity contribution in [1.29, 1.82) is 0 Å². The van der Waals surface area contributed by atoms with Crippen molar-refractivity contribution < 1.29 is 13.6 Å². The molecule has 0 aromatic rings. The second kappa shape index (κ2) is 3.44. The first-order chi connectivity index (χ1) is 4.54. The standard InChI is InChI=1S/C7H10F2O/c1-3-5-7(8,9)6(10)4-2/h3H,1,4-5H2,2H3. The number of carbonyl (C=O) groups excluding carboxylic acids is 1. The van der Waals surface area contributed by atoms with Gasteiger partial charge in [0, 0.05) is 12.8 Å². The molecule has 0 rings (SSSR count). The Morgan fingerprint density at radius 3 is 2.50 bits per heavy atom. The number of hydrogen-bond acceptors (Lipinski definition) is 1. The van der Waals surface area contributed by atoms with E-state index < -0.39 is 18.1 Å². The van der Waals surface area contributed by atoms with Crippen LogP contribution in [-0.4, -0.2) is 11.7 Å². The number of alkyl halides is 2. The lowest BCUT2D eigenvalue weighted by molar-refractivity contribution is -0.142. The van der Waals surface area contributed by atoms with Gasteiger partial charge in [0.1, 0.15) is 0 Å². The van der Waals surface area contributed by atoms with Gasteiger partial charge in [0.2, 0.25) is 5.78 Å². The Morgan fingerprint density at radius 2 is 2.20 bits per heavy atom. The zero-order valence-corrected chi connectivity index (χ0v) is 5.86. The van der Waals surface area contributed by atoms with Gasteiger partial charge >= 0.3 is 5.92 Å². The van der Waals surface area contributed by atoms with Crippen molar-refractivity contribution in [2.24, 2.45) is 0 Å². The van der Waals surface area contributed by atoms with E-state index in [9.17, 15) is 13.6 Å². The van der Waals surface area contributed by atoms with Crippen LogP contribution in [0, 0.1) is 0 Å². The molecular weight excluding hydrogens is 138 g/mol. The minimum atomic E-state index is -3.20. The summed E-state index contributed by atoms with van der Waals surface area (Å²) < 4.78 is 24.8. The molecule has 58 valence electrons. The predicted octanol–water partition coefficient (Wildman–Crippen LogP) is 2.18. The molecule has 0 atom stereocenters. The summed E-state index contributed by atoms with van der Waals surface area (Å²) in [5.74, 6) is -4.22. The summed E-state index contributed by atoms with van der Waals surface area (Å²) in [5, 5.41) is 0. The van der Waals surface area contributed by atoms with E-state index in [1.165, 1.54) is 6.92 Å². The van der Waals surface area contributed by atoms with E-state index in [4.69, 9.17) is 0 Å². The van der Waals surface area contributed by atoms with Gasteiger partial charge in [0.25, 0.3) is 0 Å². The Hall–Kier alpha value is -0.730. The summed E-state index contributed by atoms with van der Waals surface area (Å²) in [7, 11) is 0. The van der Waals surface area contributed by atoms with Crippen molar-refractivity contribution in [2.45, 2.75) is 25.7 Å². The summed E-state index contributed by atoms with van der Waals surface area (Å²) in [6, 6.07) is 0. The van der Waals surface area contributed by atoms with Crippen LogP contribution in [0.15, 0.2) is 12.7 Å². The van der Waals surface area contributed by atoms with Crippen LogP contribution in [-0.2, 0) is 4.79 Å². The van der Waals surface area contributed by atoms with Gasteiger partial charge in [-0.25, -0.2) is 0 Å². The van der Waals surface area contributed by atoms with E-state index in [2.05, 4.69) is 6.58 Å². The van der Waals surface area contributed by atoms with Gasteiger partial charge in [-0.15, -0.1) is 6.58 Å². The number of hydrogen-bond donors (Lipinski definition) is 0. The highest BCUT2D eigenvalue weighted by atomic mass is 19.3. The summed E-state index contributed by atoms with van der Waals surface area (Å²) in [4.78, 5) is 10.4.